The number of sulfonamides is 1. The predicted molar refractivity (Wildman–Crippen MR) is 96.6 cm³/mol. The highest BCUT2D eigenvalue weighted by molar-refractivity contribution is 7.89. The molecule has 132 valence electrons. The second kappa shape index (κ2) is 6.11. The van der Waals surface area contributed by atoms with Crippen molar-refractivity contribution >= 4 is 26.7 Å². The van der Waals surface area contributed by atoms with Gasteiger partial charge in [-0.3, -0.25) is 4.79 Å². The Morgan fingerprint density at radius 1 is 1.16 bits per heavy atom. The summed E-state index contributed by atoms with van der Waals surface area (Å²) in [5.41, 5.74) is 0. The van der Waals surface area contributed by atoms with Gasteiger partial charge >= 0.3 is 0 Å². The van der Waals surface area contributed by atoms with Crippen molar-refractivity contribution in [1.29, 1.82) is 0 Å². The fourth-order valence-corrected chi connectivity index (χ4v) is 5.93. The van der Waals surface area contributed by atoms with E-state index in [1.54, 1.807) is 18.2 Å². The van der Waals surface area contributed by atoms with Crippen LogP contribution in [0.15, 0.2) is 47.4 Å². The Labute approximate surface area is 148 Å². The molecule has 2 heterocycles. The molecule has 0 bridgehead atoms. The highest BCUT2D eigenvalue weighted by Crippen LogP contribution is 2.37. The number of carbonyl (C=O) groups excluding carboxylic acids is 1. The van der Waals surface area contributed by atoms with Crippen LogP contribution < -0.4 is 5.32 Å². The molecule has 4 rings (SSSR count). The summed E-state index contributed by atoms with van der Waals surface area (Å²) in [5.74, 6) is -0.495. The van der Waals surface area contributed by atoms with Crippen molar-refractivity contribution < 1.29 is 13.2 Å². The van der Waals surface area contributed by atoms with Gasteiger partial charge in [0, 0.05) is 6.04 Å². The lowest BCUT2D eigenvalue weighted by molar-refractivity contribution is -0.128. The largest absolute Gasteiger partial charge is 0.311 e. The predicted octanol–water partition coefficient (Wildman–Crippen LogP) is 2.52. The minimum absolute atomic E-state index is 0.0531. The second-order valence-electron chi connectivity index (χ2n) is 6.88. The van der Waals surface area contributed by atoms with Crippen LogP contribution >= 0.6 is 0 Å². The first-order valence-corrected chi connectivity index (χ1v) is 10.3. The van der Waals surface area contributed by atoms with Crippen LogP contribution in [0.1, 0.15) is 26.2 Å². The van der Waals surface area contributed by atoms with Crippen LogP contribution in [0.25, 0.3) is 10.8 Å². The van der Waals surface area contributed by atoms with Crippen LogP contribution in [0.3, 0.4) is 0 Å². The Bertz CT molecular complexity index is 925. The number of fused-ring (bicyclic) bond motifs is 2. The highest BCUT2D eigenvalue weighted by atomic mass is 32.2. The zero-order valence-electron chi connectivity index (χ0n) is 14.2. The van der Waals surface area contributed by atoms with E-state index in [4.69, 9.17) is 0 Å². The molecular weight excluding hydrogens is 336 g/mol. The smallest absolute Gasteiger partial charge is 0.266 e. The van der Waals surface area contributed by atoms with Gasteiger partial charge in [-0.05, 0) is 42.3 Å². The Hall–Kier alpha value is -1.92. The van der Waals surface area contributed by atoms with Crippen molar-refractivity contribution in [2.45, 2.75) is 43.2 Å². The molecule has 6 heteroatoms. The van der Waals surface area contributed by atoms with Crippen LogP contribution in [0.5, 0.6) is 0 Å². The molecule has 2 fully saturated rings. The molecule has 5 nitrogen and oxygen atoms in total. The minimum Gasteiger partial charge on any atom is -0.311 e. The minimum atomic E-state index is -3.84. The van der Waals surface area contributed by atoms with Gasteiger partial charge in [-0.2, -0.15) is 0 Å². The molecule has 3 atom stereocenters. The average Bonchev–Trinajstić information content (AvgIpc) is 3.16. The van der Waals surface area contributed by atoms with E-state index >= 15 is 0 Å². The van der Waals surface area contributed by atoms with Crippen LogP contribution in [-0.4, -0.2) is 37.3 Å². The van der Waals surface area contributed by atoms with E-state index in [1.165, 1.54) is 4.31 Å². The molecular formula is C19H22N2O3S. The van der Waals surface area contributed by atoms with E-state index in [2.05, 4.69) is 5.32 Å². The van der Waals surface area contributed by atoms with E-state index in [9.17, 15) is 13.2 Å². The Morgan fingerprint density at radius 2 is 1.92 bits per heavy atom. The van der Waals surface area contributed by atoms with E-state index in [0.29, 0.717) is 6.42 Å². The van der Waals surface area contributed by atoms with E-state index in [1.807, 2.05) is 31.2 Å². The van der Waals surface area contributed by atoms with Crippen LogP contribution in [0.2, 0.25) is 0 Å². The third-order valence-corrected chi connectivity index (χ3v) is 7.20. The van der Waals surface area contributed by atoms with Gasteiger partial charge in [-0.1, -0.05) is 43.7 Å². The monoisotopic (exact) mass is 358 g/mol. The maximum Gasteiger partial charge on any atom is 0.266 e. The summed E-state index contributed by atoms with van der Waals surface area (Å²) in [6.45, 7) is 2.78. The number of rotatable bonds is 4. The molecule has 0 radical (unpaired) electrons. The fraction of sp³-hybridized carbons (Fsp3) is 0.421. The number of nitrogens with one attached hydrogen (secondary N) is 1. The summed E-state index contributed by atoms with van der Waals surface area (Å²) in [4.78, 5) is 13.1. The molecule has 2 aromatic carbocycles. The Balaban J connectivity index is 1.77. The summed E-state index contributed by atoms with van der Waals surface area (Å²) in [6, 6.07) is 12.4. The first-order valence-electron chi connectivity index (χ1n) is 8.84. The molecule has 25 heavy (non-hydrogen) atoms. The topological polar surface area (TPSA) is 66.5 Å². The second-order valence-corrected chi connectivity index (χ2v) is 8.69. The van der Waals surface area contributed by atoms with Crippen molar-refractivity contribution in [2.24, 2.45) is 5.92 Å². The molecule has 2 aliphatic rings. The standard InChI is InChI=1S/C19H22N2O3S/c1-2-5-16-18-17(10-11-20-18)21(19(16)22)25(23,24)15-9-8-13-6-3-4-7-14(13)12-15/h3-4,6-9,12,16-18,20H,2,5,10-11H2,1H3/t16-,17-,18-/m0/s1. The van der Waals surface area contributed by atoms with Gasteiger partial charge in [0.1, 0.15) is 0 Å². The molecule has 2 saturated heterocycles. The lowest BCUT2D eigenvalue weighted by atomic mass is 9.95. The molecule has 1 N–H and O–H groups in total. The maximum atomic E-state index is 13.3. The molecule has 0 unspecified atom stereocenters. The van der Waals surface area contributed by atoms with Crippen molar-refractivity contribution in [3.63, 3.8) is 0 Å². The lowest BCUT2D eigenvalue weighted by Gasteiger charge is -2.23. The van der Waals surface area contributed by atoms with Crippen LogP contribution in [0, 0.1) is 5.92 Å². The zero-order valence-corrected chi connectivity index (χ0v) is 15.0. The number of carbonyl (C=O) groups is 1. The van der Waals surface area contributed by atoms with Crippen LogP contribution in [-0.2, 0) is 14.8 Å². The van der Waals surface area contributed by atoms with Crippen molar-refractivity contribution in [2.75, 3.05) is 6.54 Å². The third kappa shape index (κ3) is 2.55. The molecule has 2 aliphatic heterocycles. The molecule has 0 aromatic heterocycles. The number of nitrogens with zero attached hydrogens (tertiary/aromatic N) is 1. The quantitative estimate of drug-likeness (QED) is 0.912. The van der Waals surface area contributed by atoms with E-state index in [-0.39, 0.29) is 28.8 Å². The van der Waals surface area contributed by atoms with Gasteiger partial charge in [0.2, 0.25) is 5.91 Å². The molecule has 0 saturated carbocycles. The first kappa shape index (κ1) is 16.5. The molecule has 1 amide bonds. The van der Waals surface area contributed by atoms with Crippen LogP contribution in [0.4, 0.5) is 0 Å². The van der Waals surface area contributed by atoms with Gasteiger partial charge in [0.05, 0.1) is 16.9 Å². The summed E-state index contributed by atoms with van der Waals surface area (Å²) >= 11 is 0. The van der Waals surface area contributed by atoms with E-state index in [0.717, 1.165) is 30.2 Å². The number of hydrogen-bond donors (Lipinski definition) is 1. The van der Waals surface area contributed by atoms with E-state index < -0.39 is 10.0 Å². The normalized spacial score (nSPS) is 26.4. The van der Waals surface area contributed by atoms with Crippen molar-refractivity contribution in [3.05, 3.63) is 42.5 Å². The summed E-state index contributed by atoms with van der Waals surface area (Å²) in [7, 11) is -3.84. The molecule has 2 aromatic rings. The first-order chi connectivity index (χ1) is 12.0. The zero-order chi connectivity index (χ0) is 17.6. The summed E-state index contributed by atoms with van der Waals surface area (Å²) < 4.78 is 27.7. The highest BCUT2D eigenvalue weighted by Gasteiger charge is 2.54. The van der Waals surface area contributed by atoms with Gasteiger partial charge in [0.15, 0.2) is 0 Å². The average molecular weight is 358 g/mol. The number of amides is 1. The number of hydrogen-bond acceptors (Lipinski definition) is 4. The van der Waals surface area contributed by atoms with Gasteiger partial charge in [0.25, 0.3) is 10.0 Å². The number of benzene rings is 2. The van der Waals surface area contributed by atoms with Crippen molar-refractivity contribution in [3.8, 4) is 0 Å². The molecule has 0 spiro atoms. The van der Waals surface area contributed by atoms with Gasteiger partial charge in [-0.15, -0.1) is 0 Å². The Morgan fingerprint density at radius 3 is 2.68 bits per heavy atom. The summed E-state index contributed by atoms with van der Waals surface area (Å²) in [5, 5.41) is 5.19. The summed E-state index contributed by atoms with van der Waals surface area (Å²) in [6.07, 6.45) is 2.27. The molecule has 0 aliphatic carbocycles. The van der Waals surface area contributed by atoms with Crippen molar-refractivity contribution in [1.82, 2.24) is 9.62 Å². The fourth-order valence-electron chi connectivity index (χ4n) is 4.22. The van der Waals surface area contributed by atoms with Gasteiger partial charge < -0.3 is 5.32 Å². The third-order valence-electron chi connectivity index (χ3n) is 5.38. The lowest BCUT2D eigenvalue weighted by Crippen LogP contribution is -2.40. The Kier molecular flexibility index (Phi) is 4.04. The van der Waals surface area contributed by atoms with Gasteiger partial charge in [-0.25, -0.2) is 12.7 Å². The SMILES string of the molecule is CCC[C@@H]1C(=O)N(S(=O)(=O)c2ccc3ccccc3c2)[C@H]2CCN[C@@H]12. The maximum absolute atomic E-state index is 13.3.